The molecule has 0 heterocycles. The van der Waals surface area contributed by atoms with Crippen LogP contribution < -0.4 is 10.6 Å². The van der Waals surface area contributed by atoms with Gasteiger partial charge >= 0.3 is 18.0 Å². The molecule has 0 fully saturated rings. The molecule has 0 aliphatic heterocycles. The second-order valence-corrected chi connectivity index (χ2v) is 4.03. The number of alkyl halides is 5. The van der Waals surface area contributed by atoms with Crippen LogP contribution in [0, 0.1) is 0 Å². The topological polar surface area (TPSA) is 58.2 Å². The highest BCUT2D eigenvalue weighted by Crippen LogP contribution is 2.35. The fraction of sp³-hybridized carbons (Fsp3) is 0.333. The van der Waals surface area contributed by atoms with Gasteiger partial charge in [-0.2, -0.15) is 22.0 Å². The Labute approximate surface area is 116 Å². The highest BCUT2D eigenvalue weighted by molar-refractivity contribution is 5.93. The monoisotopic (exact) mass is 310 g/mol. The molecule has 116 valence electrons. The molecule has 0 saturated heterocycles. The fourth-order valence-electron chi connectivity index (χ4n) is 1.34. The Morgan fingerprint density at radius 1 is 1.05 bits per heavy atom. The van der Waals surface area contributed by atoms with Crippen molar-refractivity contribution in [1.82, 2.24) is 10.6 Å². The third-order valence-corrected chi connectivity index (χ3v) is 2.54. The Kier molecular flexibility index (Phi) is 4.87. The number of amides is 2. The van der Waals surface area contributed by atoms with E-state index in [2.05, 4.69) is 5.32 Å². The molecule has 21 heavy (non-hydrogen) atoms. The average molecular weight is 310 g/mol. The van der Waals surface area contributed by atoms with Crippen LogP contribution in [-0.2, 0) is 11.3 Å². The highest BCUT2D eigenvalue weighted by Gasteiger charge is 2.63. The SMILES string of the molecule is CNC(=O)c1ccc(CNC(=O)C(F)(F)C(F)(F)F)cc1. The van der Waals surface area contributed by atoms with Crippen molar-refractivity contribution in [1.29, 1.82) is 0 Å². The number of carbonyl (C=O) groups excluding carboxylic acids is 2. The Morgan fingerprint density at radius 2 is 1.57 bits per heavy atom. The van der Waals surface area contributed by atoms with Crippen molar-refractivity contribution in [3.05, 3.63) is 35.4 Å². The van der Waals surface area contributed by atoms with E-state index >= 15 is 0 Å². The van der Waals surface area contributed by atoms with Crippen LogP contribution in [-0.4, -0.2) is 31.0 Å². The molecule has 9 heteroatoms. The molecular formula is C12H11F5N2O2. The Hall–Kier alpha value is -2.19. The number of benzene rings is 1. The van der Waals surface area contributed by atoms with Gasteiger partial charge in [0.25, 0.3) is 5.91 Å². The summed E-state index contributed by atoms with van der Waals surface area (Å²) in [6, 6.07) is 5.36. The van der Waals surface area contributed by atoms with Crippen LogP contribution in [0.3, 0.4) is 0 Å². The maximum Gasteiger partial charge on any atom is 0.463 e. The van der Waals surface area contributed by atoms with Crippen LogP contribution in [0.25, 0.3) is 0 Å². The summed E-state index contributed by atoms with van der Waals surface area (Å²) >= 11 is 0. The molecule has 1 aromatic carbocycles. The van der Waals surface area contributed by atoms with Crippen molar-refractivity contribution < 1.29 is 31.5 Å². The largest absolute Gasteiger partial charge is 0.463 e. The summed E-state index contributed by atoms with van der Waals surface area (Å²) in [6.45, 7) is -0.515. The predicted molar refractivity (Wildman–Crippen MR) is 62.7 cm³/mol. The molecule has 0 aromatic heterocycles. The van der Waals surface area contributed by atoms with E-state index in [1.54, 1.807) is 0 Å². The summed E-state index contributed by atoms with van der Waals surface area (Å²) in [5.41, 5.74) is 0.558. The van der Waals surface area contributed by atoms with Gasteiger partial charge in [0.2, 0.25) is 0 Å². The first-order valence-corrected chi connectivity index (χ1v) is 5.63. The fourth-order valence-corrected chi connectivity index (χ4v) is 1.34. The third-order valence-electron chi connectivity index (χ3n) is 2.54. The molecule has 0 bridgehead atoms. The Morgan fingerprint density at radius 3 is 2.00 bits per heavy atom. The first kappa shape index (κ1) is 16.9. The van der Waals surface area contributed by atoms with Gasteiger partial charge in [0.15, 0.2) is 0 Å². The van der Waals surface area contributed by atoms with Crippen molar-refractivity contribution in [3.8, 4) is 0 Å². The highest BCUT2D eigenvalue weighted by atomic mass is 19.4. The van der Waals surface area contributed by atoms with Crippen LogP contribution in [0.5, 0.6) is 0 Å². The van der Waals surface area contributed by atoms with Gasteiger partial charge in [-0.25, -0.2) is 0 Å². The number of hydrogen-bond acceptors (Lipinski definition) is 2. The minimum atomic E-state index is -5.94. The third kappa shape index (κ3) is 3.89. The Balaban J connectivity index is 2.68. The van der Waals surface area contributed by atoms with Gasteiger partial charge in [-0.05, 0) is 17.7 Å². The number of carbonyl (C=O) groups is 2. The maximum atomic E-state index is 12.7. The van der Waals surface area contributed by atoms with E-state index in [9.17, 15) is 31.5 Å². The molecule has 0 spiro atoms. The van der Waals surface area contributed by atoms with E-state index in [-0.39, 0.29) is 17.0 Å². The van der Waals surface area contributed by atoms with E-state index < -0.39 is 24.6 Å². The second kappa shape index (κ2) is 6.06. The standard InChI is InChI=1S/C12H11F5N2O2/c1-18-9(20)8-4-2-7(3-5-8)6-19-10(21)11(13,14)12(15,16)17/h2-5H,6H2,1H3,(H,18,20)(H,19,21). The number of halogens is 5. The lowest BCUT2D eigenvalue weighted by Gasteiger charge is -2.18. The van der Waals surface area contributed by atoms with E-state index in [4.69, 9.17) is 0 Å². The molecule has 2 N–H and O–H groups in total. The van der Waals surface area contributed by atoms with Gasteiger partial charge in [-0.1, -0.05) is 12.1 Å². The zero-order chi connectivity index (χ0) is 16.3. The molecular weight excluding hydrogens is 299 g/mol. The van der Waals surface area contributed by atoms with E-state index in [0.29, 0.717) is 0 Å². The van der Waals surface area contributed by atoms with Crippen molar-refractivity contribution in [2.75, 3.05) is 7.05 Å². The van der Waals surface area contributed by atoms with Crippen molar-refractivity contribution >= 4 is 11.8 Å². The lowest BCUT2D eigenvalue weighted by molar-refractivity contribution is -0.269. The van der Waals surface area contributed by atoms with Crippen LogP contribution in [0.1, 0.15) is 15.9 Å². The van der Waals surface area contributed by atoms with E-state index in [0.717, 1.165) is 0 Å². The normalized spacial score (nSPS) is 11.9. The lowest BCUT2D eigenvalue weighted by Crippen LogP contribution is -2.50. The molecule has 0 radical (unpaired) electrons. The minimum Gasteiger partial charge on any atom is -0.355 e. The smallest absolute Gasteiger partial charge is 0.355 e. The molecule has 2 amide bonds. The van der Waals surface area contributed by atoms with Crippen molar-refractivity contribution in [2.24, 2.45) is 0 Å². The summed E-state index contributed by atoms with van der Waals surface area (Å²) in [5, 5.41) is 3.85. The molecule has 4 nitrogen and oxygen atoms in total. The summed E-state index contributed by atoms with van der Waals surface area (Å²) < 4.78 is 61.1. The van der Waals surface area contributed by atoms with E-state index in [1.165, 1.54) is 36.6 Å². The molecule has 1 aromatic rings. The summed E-state index contributed by atoms with van der Waals surface area (Å²) in [6.07, 6.45) is -5.94. The van der Waals surface area contributed by atoms with Crippen molar-refractivity contribution in [3.63, 3.8) is 0 Å². The molecule has 0 aliphatic carbocycles. The molecule has 0 saturated carbocycles. The van der Waals surface area contributed by atoms with Gasteiger partial charge in [0, 0.05) is 19.2 Å². The number of nitrogens with one attached hydrogen (secondary N) is 2. The van der Waals surface area contributed by atoms with Gasteiger partial charge < -0.3 is 10.6 Å². The van der Waals surface area contributed by atoms with Crippen LogP contribution in [0.15, 0.2) is 24.3 Å². The van der Waals surface area contributed by atoms with Crippen LogP contribution in [0.4, 0.5) is 22.0 Å². The Bertz CT molecular complexity index is 525. The van der Waals surface area contributed by atoms with Crippen LogP contribution in [0.2, 0.25) is 0 Å². The molecule has 1 rings (SSSR count). The van der Waals surface area contributed by atoms with Gasteiger partial charge in [-0.15, -0.1) is 0 Å². The van der Waals surface area contributed by atoms with Gasteiger partial charge in [-0.3, -0.25) is 9.59 Å². The molecule has 0 aliphatic rings. The van der Waals surface area contributed by atoms with E-state index in [1.807, 2.05) is 0 Å². The van der Waals surface area contributed by atoms with Crippen molar-refractivity contribution in [2.45, 2.75) is 18.6 Å². The van der Waals surface area contributed by atoms with Crippen LogP contribution >= 0.6 is 0 Å². The lowest BCUT2D eigenvalue weighted by atomic mass is 10.1. The number of rotatable bonds is 4. The molecule has 0 atom stereocenters. The first-order chi connectivity index (χ1) is 9.59. The molecule has 0 unspecified atom stereocenters. The number of hydrogen-bond donors (Lipinski definition) is 2. The van der Waals surface area contributed by atoms with Gasteiger partial charge in [0.05, 0.1) is 0 Å². The minimum absolute atomic E-state index is 0.272. The first-order valence-electron chi connectivity index (χ1n) is 5.63. The second-order valence-electron chi connectivity index (χ2n) is 4.03. The quantitative estimate of drug-likeness (QED) is 0.834. The average Bonchev–Trinajstić information content (AvgIpc) is 2.43. The summed E-state index contributed by atoms with van der Waals surface area (Å²) in [7, 11) is 1.41. The summed E-state index contributed by atoms with van der Waals surface area (Å²) in [4.78, 5) is 22.1. The zero-order valence-electron chi connectivity index (χ0n) is 10.7. The summed E-state index contributed by atoms with van der Waals surface area (Å²) in [5.74, 6) is -8.26. The predicted octanol–water partition coefficient (Wildman–Crippen LogP) is 1.86. The zero-order valence-corrected chi connectivity index (χ0v) is 10.7. The maximum absolute atomic E-state index is 12.7. The van der Waals surface area contributed by atoms with Gasteiger partial charge in [0.1, 0.15) is 0 Å².